The lowest BCUT2D eigenvalue weighted by molar-refractivity contribution is -0.277. The zero-order valence-electron chi connectivity index (χ0n) is 16.4. The predicted octanol–water partition coefficient (Wildman–Crippen LogP) is 0.0703. The van der Waals surface area contributed by atoms with Crippen LogP contribution in [0.1, 0.15) is 11.1 Å². The van der Waals surface area contributed by atoms with Gasteiger partial charge >= 0.3 is 0 Å². The molecule has 0 radical (unpaired) electrons. The molecule has 0 bridgehead atoms. The molecular formula is C21H26O9. The van der Waals surface area contributed by atoms with E-state index in [2.05, 4.69) is 0 Å². The number of hydrogen-bond acceptors (Lipinski definition) is 9. The zero-order chi connectivity index (χ0) is 21.8. The number of hydrogen-bond donors (Lipinski definition) is 6. The van der Waals surface area contributed by atoms with Crippen molar-refractivity contribution in [1.29, 1.82) is 0 Å². The zero-order valence-corrected chi connectivity index (χ0v) is 16.4. The molecule has 6 N–H and O–H groups in total. The molecule has 9 nitrogen and oxygen atoms in total. The Morgan fingerprint density at radius 2 is 1.67 bits per heavy atom. The Bertz CT molecular complexity index is 854. The van der Waals surface area contributed by atoms with Crippen LogP contribution < -0.4 is 9.47 Å². The summed E-state index contributed by atoms with van der Waals surface area (Å²) < 4.78 is 16.1. The number of ether oxygens (including phenoxy) is 3. The fourth-order valence-electron chi connectivity index (χ4n) is 3.34. The Kier molecular flexibility index (Phi) is 7.01. The summed E-state index contributed by atoms with van der Waals surface area (Å²) in [5.41, 5.74) is 1.48. The molecule has 0 amide bonds. The second-order valence-electron chi connectivity index (χ2n) is 7.09. The number of aliphatic hydroxyl groups is 4. The third-order valence-electron chi connectivity index (χ3n) is 5.07. The van der Waals surface area contributed by atoms with E-state index in [0.717, 1.165) is 5.56 Å². The number of aliphatic hydroxyl groups excluding tert-OH is 4. The van der Waals surface area contributed by atoms with E-state index in [1.807, 2.05) is 12.1 Å². The molecule has 1 heterocycles. The first kappa shape index (κ1) is 22.1. The summed E-state index contributed by atoms with van der Waals surface area (Å²) in [6.07, 6.45) is -6.30. The first-order valence-corrected chi connectivity index (χ1v) is 9.49. The van der Waals surface area contributed by atoms with Gasteiger partial charge in [-0.3, -0.25) is 0 Å². The van der Waals surface area contributed by atoms with E-state index in [1.54, 1.807) is 18.2 Å². The van der Waals surface area contributed by atoms with Gasteiger partial charge in [0, 0.05) is 0 Å². The summed E-state index contributed by atoms with van der Waals surface area (Å²) in [7, 11) is 1.38. The van der Waals surface area contributed by atoms with Crippen molar-refractivity contribution in [2.45, 2.75) is 43.5 Å². The molecule has 2 aromatic carbocycles. The number of methoxy groups -OCH3 is 1. The van der Waals surface area contributed by atoms with Gasteiger partial charge in [-0.25, -0.2) is 0 Å². The predicted molar refractivity (Wildman–Crippen MR) is 105 cm³/mol. The SMILES string of the molecule is COc1cc(CCc2ccccc2O)cc(O)c1O[C@@H]1O[C@H](CO)[C@@H](O)[C@H](O)[C@H]1O. The van der Waals surface area contributed by atoms with E-state index in [9.17, 15) is 30.6 Å². The van der Waals surface area contributed by atoms with E-state index in [0.29, 0.717) is 18.4 Å². The molecule has 0 saturated carbocycles. The van der Waals surface area contributed by atoms with Crippen LogP contribution in [0.5, 0.6) is 23.0 Å². The lowest BCUT2D eigenvalue weighted by Crippen LogP contribution is -2.60. The average molecular weight is 422 g/mol. The fourth-order valence-corrected chi connectivity index (χ4v) is 3.34. The third kappa shape index (κ3) is 4.61. The summed E-state index contributed by atoms with van der Waals surface area (Å²) in [6.45, 7) is -0.598. The standard InChI is InChI=1S/C21H26O9/c1-28-15-9-11(6-7-12-4-2-3-5-13(12)23)8-14(24)20(15)30-21-19(27)18(26)17(25)16(10-22)29-21/h2-5,8-9,16-19,21-27H,6-7,10H2,1H3/t16-,17-,18+,19-,21+/m1/s1. The van der Waals surface area contributed by atoms with Crippen LogP contribution in [-0.4, -0.2) is 75.1 Å². The number of benzene rings is 2. The van der Waals surface area contributed by atoms with Crippen molar-refractivity contribution in [3.8, 4) is 23.0 Å². The van der Waals surface area contributed by atoms with Crippen LogP contribution in [0.15, 0.2) is 36.4 Å². The molecule has 30 heavy (non-hydrogen) atoms. The van der Waals surface area contributed by atoms with Crippen molar-refractivity contribution in [2.75, 3.05) is 13.7 Å². The largest absolute Gasteiger partial charge is 0.508 e. The number of rotatable bonds is 7. The number of aromatic hydroxyl groups is 2. The molecule has 1 aliphatic rings. The Hall–Kier alpha value is -2.56. The minimum Gasteiger partial charge on any atom is -0.508 e. The Morgan fingerprint density at radius 3 is 2.33 bits per heavy atom. The fraction of sp³-hybridized carbons (Fsp3) is 0.429. The summed E-state index contributed by atoms with van der Waals surface area (Å²) in [5.74, 6) is -0.0396. The van der Waals surface area contributed by atoms with Gasteiger partial charge in [0.05, 0.1) is 13.7 Å². The van der Waals surface area contributed by atoms with E-state index >= 15 is 0 Å². The molecule has 5 atom stereocenters. The molecule has 9 heteroatoms. The third-order valence-corrected chi connectivity index (χ3v) is 5.07. The van der Waals surface area contributed by atoms with Crippen molar-refractivity contribution >= 4 is 0 Å². The molecule has 0 unspecified atom stereocenters. The van der Waals surface area contributed by atoms with E-state index < -0.39 is 37.3 Å². The second-order valence-corrected chi connectivity index (χ2v) is 7.09. The van der Waals surface area contributed by atoms with Crippen molar-refractivity contribution < 1.29 is 44.8 Å². The average Bonchev–Trinajstić information content (AvgIpc) is 2.74. The molecule has 1 fully saturated rings. The lowest BCUT2D eigenvalue weighted by Gasteiger charge is -2.39. The first-order chi connectivity index (χ1) is 14.3. The van der Waals surface area contributed by atoms with Crippen LogP contribution in [0.3, 0.4) is 0 Å². The maximum atomic E-state index is 10.5. The number of aryl methyl sites for hydroxylation is 2. The highest BCUT2D eigenvalue weighted by Gasteiger charge is 2.45. The van der Waals surface area contributed by atoms with Crippen molar-refractivity contribution in [2.24, 2.45) is 0 Å². The molecular weight excluding hydrogens is 396 g/mol. The Labute approximate surface area is 173 Å². The monoisotopic (exact) mass is 422 g/mol. The molecule has 3 rings (SSSR count). The molecule has 0 aliphatic carbocycles. The molecule has 0 spiro atoms. The topological polar surface area (TPSA) is 149 Å². The summed E-state index contributed by atoms with van der Waals surface area (Å²) >= 11 is 0. The van der Waals surface area contributed by atoms with Crippen LogP contribution >= 0.6 is 0 Å². The van der Waals surface area contributed by atoms with Gasteiger partial charge in [-0.05, 0) is 42.2 Å². The normalized spacial score (nSPS) is 26.4. The molecule has 2 aromatic rings. The van der Waals surface area contributed by atoms with Crippen LogP contribution in [0.4, 0.5) is 0 Å². The summed E-state index contributed by atoms with van der Waals surface area (Å²) in [4.78, 5) is 0. The molecule has 1 aliphatic heterocycles. The van der Waals surface area contributed by atoms with E-state index in [-0.39, 0.29) is 23.0 Å². The lowest BCUT2D eigenvalue weighted by atomic mass is 9.99. The van der Waals surface area contributed by atoms with Gasteiger partial charge in [-0.1, -0.05) is 18.2 Å². The van der Waals surface area contributed by atoms with E-state index in [1.165, 1.54) is 13.2 Å². The van der Waals surface area contributed by atoms with Gasteiger partial charge in [-0.2, -0.15) is 0 Å². The molecule has 164 valence electrons. The second kappa shape index (κ2) is 9.50. The number of para-hydroxylation sites is 1. The smallest absolute Gasteiger partial charge is 0.229 e. The maximum absolute atomic E-state index is 10.5. The van der Waals surface area contributed by atoms with Gasteiger partial charge < -0.3 is 44.8 Å². The van der Waals surface area contributed by atoms with Crippen molar-refractivity contribution in [1.82, 2.24) is 0 Å². The van der Waals surface area contributed by atoms with Crippen molar-refractivity contribution in [3.63, 3.8) is 0 Å². The van der Waals surface area contributed by atoms with Crippen LogP contribution in [-0.2, 0) is 17.6 Å². The Balaban J connectivity index is 1.78. The first-order valence-electron chi connectivity index (χ1n) is 9.49. The van der Waals surface area contributed by atoms with Gasteiger partial charge in [0.25, 0.3) is 0 Å². The highest BCUT2D eigenvalue weighted by atomic mass is 16.7. The van der Waals surface area contributed by atoms with Gasteiger partial charge in [0.1, 0.15) is 30.2 Å². The van der Waals surface area contributed by atoms with E-state index in [4.69, 9.17) is 14.2 Å². The summed E-state index contributed by atoms with van der Waals surface area (Å²) in [6, 6.07) is 10.1. The highest BCUT2D eigenvalue weighted by Crippen LogP contribution is 2.40. The quantitative estimate of drug-likeness (QED) is 0.364. The minimum absolute atomic E-state index is 0.117. The number of phenolic OH excluding ortho intramolecular Hbond substituents is 2. The summed E-state index contributed by atoms with van der Waals surface area (Å²) in [5, 5.41) is 59.5. The number of phenols is 2. The maximum Gasteiger partial charge on any atom is 0.229 e. The minimum atomic E-state index is -1.62. The van der Waals surface area contributed by atoms with Crippen LogP contribution in [0, 0.1) is 0 Å². The Morgan fingerprint density at radius 1 is 0.933 bits per heavy atom. The van der Waals surface area contributed by atoms with Gasteiger partial charge in [-0.15, -0.1) is 0 Å². The molecule has 0 aromatic heterocycles. The van der Waals surface area contributed by atoms with Crippen LogP contribution in [0.2, 0.25) is 0 Å². The van der Waals surface area contributed by atoms with Gasteiger partial charge in [0.2, 0.25) is 12.0 Å². The van der Waals surface area contributed by atoms with Crippen LogP contribution in [0.25, 0.3) is 0 Å². The van der Waals surface area contributed by atoms with Crippen molar-refractivity contribution in [3.05, 3.63) is 47.5 Å². The van der Waals surface area contributed by atoms with Gasteiger partial charge in [0.15, 0.2) is 11.5 Å². The highest BCUT2D eigenvalue weighted by molar-refractivity contribution is 5.53. The molecule has 1 saturated heterocycles.